The van der Waals surface area contributed by atoms with Crippen LogP contribution in [0.1, 0.15) is 29.9 Å². The van der Waals surface area contributed by atoms with Crippen molar-refractivity contribution in [3.8, 4) is 0 Å². The molecule has 0 radical (unpaired) electrons. The largest absolute Gasteiger partial charge is 0.377 e. The number of rotatable bonds is 7. The number of hydrogen-bond acceptors (Lipinski definition) is 5. The smallest absolute Gasteiger partial charge is 0.224 e. The van der Waals surface area contributed by atoms with Crippen molar-refractivity contribution < 1.29 is 14.1 Å². The average molecular weight is 321 g/mol. The van der Waals surface area contributed by atoms with Crippen molar-refractivity contribution in [3.63, 3.8) is 0 Å². The molecule has 1 amide bonds. The fourth-order valence-electron chi connectivity index (χ4n) is 2.81. The van der Waals surface area contributed by atoms with Gasteiger partial charge in [-0.05, 0) is 20.3 Å². The van der Waals surface area contributed by atoms with Crippen LogP contribution in [0.5, 0.6) is 0 Å². The Kier molecular flexibility index (Phi) is 6.80. The van der Waals surface area contributed by atoms with Crippen molar-refractivity contribution in [2.24, 2.45) is 0 Å². The third kappa shape index (κ3) is 5.18. The molecule has 0 bridgehead atoms. The first-order chi connectivity index (χ1) is 11.1. The van der Waals surface area contributed by atoms with Crippen LogP contribution in [0.4, 0.5) is 0 Å². The number of carbonyl (C=O) groups is 1. The normalized spacial score (nSPS) is 16.3. The monoisotopic (exact) mass is 321 g/mol. The minimum atomic E-state index is 0.174. The Morgan fingerprint density at radius 1 is 1.35 bits per heavy atom. The third-order valence-electron chi connectivity index (χ3n) is 4.20. The van der Waals surface area contributed by atoms with Crippen LogP contribution in [0, 0.1) is 13.8 Å². The van der Waals surface area contributed by atoms with E-state index in [0.29, 0.717) is 19.6 Å². The lowest BCUT2D eigenvalue weighted by molar-refractivity contribution is -0.132. The molecule has 1 aromatic heterocycles. The first-order valence-corrected chi connectivity index (χ1v) is 8.22. The number of aryl methyl sites for hydroxylation is 2. The van der Waals surface area contributed by atoms with Gasteiger partial charge in [0, 0.05) is 38.3 Å². The molecule has 0 saturated carbocycles. The Morgan fingerprint density at radius 3 is 2.87 bits per heavy atom. The molecule has 0 spiro atoms. The molecule has 0 unspecified atom stereocenters. The summed E-state index contributed by atoms with van der Waals surface area (Å²) in [5, 5.41) is 4.01. The summed E-state index contributed by atoms with van der Waals surface area (Å²) in [5.41, 5.74) is 2.13. The molecule has 23 heavy (non-hydrogen) atoms. The molecule has 0 N–H and O–H groups in total. The zero-order chi connectivity index (χ0) is 16.7. The van der Waals surface area contributed by atoms with Gasteiger partial charge in [-0.25, -0.2) is 0 Å². The predicted molar refractivity (Wildman–Crippen MR) is 88.1 cm³/mol. The van der Waals surface area contributed by atoms with Crippen LogP contribution in [0.15, 0.2) is 17.2 Å². The van der Waals surface area contributed by atoms with Crippen molar-refractivity contribution in [2.75, 3.05) is 39.4 Å². The van der Waals surface area contributed by atoms with Crippen LogP contribution >= 0.6 is 0 Å². The molecule has 0 atom stereocenters. The van der Waals surface area contributed by atoms with Gasteiger partial charge in [-0.3, -0.25) is 9.69 Å². The Bertz CT molecular complexity index is 508. The molecular weight excluding hydrogens is 294 g/mol. The summed E-state index contributed by atoms with van der Waals surface area (Å²) in [6.45, 7) is 12.8. The molecule has 1 aliphatic rings. The summed E-state index contributed by atoms with van der Waals surface area (Å²) in [6.07, 6.45) is 3.13. The predicted octanol–water partition coefficient (Wildman–Crippen LogP) is 1.92. The van der Waals surface area contributed by atoms with Crippen LogP contribution in [0.2, 0.25) is 0 Å². The van der Waals surface area contributed by atoms with E-state index in [9.17, 15) is 4.79 Å². The topological polar surface area (TPSA) is 58.8 Å². The molecule has 6 heteroatoms. The maximum atomic E-state index is 12.2. The summed E-state index contributed by atoms with van der Waals surface area (Å²) in [6, 6.07) is 0. The summed E-state index contributed by atoms with van der Waals surface area (Å²) < 4.78 is 10.5. The maximum Gasteiger partial charge on any atom is 0.224 e. The SMILES string of the molecule is C=CCOCCC(=O)N1CCCN(Cc2c(C)noc2C)CC1. The Balaban J connectivity index is 1.80. The van der Waals surface area contributed by atoms with Crippen molar-refractivity contribution in [2.45, 2.75) is 33.2 Å². The molecule has 0 aliphatic carbocycles. The van der Waals surface area contributed by atoms with Crippen LogP contribution in [-0.4, -0.2) is 60.3 Å². The number of nitrogens with zero attached hydrogens (tertiary/aromatic N) is 3. The van der Waals surface area contributed by atoms with E-state index in [-0.39, 0.29) is 5.91 Å². The summed E-state index contributed by atoms with van der Waals surface area (Å²) in [5.74, 6) is 1.06. The second kappa shape index (κ2) is 8.84. The minimum Gasteiger partial charge on any atom is -0.377 e. The van der Waals surface area contributed by atoms with Crippen molar-refractivity contribution in [3.05, 3.63) is 29.7 Å². The zero-order valence-corrected chi connectivity index (χ0v) is 14.2. The molecule has 6 nitrogen and oxygen atoms in total. The molecule has 2 rings (SSSR count). The van der Waals surface area contributed by atoms with Crippen molar-refractivity contribution >= 4 is 5.91 Å². The number of aromatic nitrogens is 1. The van der Waals surface area contributed by atoms with Crippen LogP contribution in [0.3, 0.4) is 0 Å². The van der Waals surface area contributed by atoms with Gasteiger partial charge in [-0.1, -0.05) is 11.2 Å². The van der Waals surface area contributed by atoms with Gasteiger partial charge < -0.3 is 14.2 Å². The van der Waals surface area contributed by atoms with Gasteiger partial charge in [0.1, 0.15) is 5.76 Å². The van der Waals surface area contributed by atoms with Crippen LogP contribution in [-0.2, 0) is 16.1 Å². The summed E-state index contributed by atoms with van der Waals surface area (Å²) in [7, 11) is 0. The first-order valence-electron chi connectivity index (χ1n) is 8.22. The molecule has 1 saturated heterocycles. The lowest BCUT2D eigenvalue weighted by Gasteiger charge is -2.22. The molecule has 1 aromatic rings. The van der Waals surface area contributed by atoms with E-state index in [4.69, 9.17) is 9.26 Å². The van der Waals surface area contributed by atoms with Crippen LogP contribution < -0.4 is 0 Å². The van der Waals surface area contributed by atoms with E-state index >= 15 is 0 Å². The number of ether oxygens (including phenoxy) is 1. The molecule has 0 aromatic carbocycles. The number of amides is 1. The molecule has 1 aliphatic heterocycles. The summed E-state index contributed by atoms with van der Waals surface area (Å²) >= 11 is 0. The third-order valence-corrected chi connectivity index (χ3v) is 4.20. The lowest BCUT2D eigenvalue weighted by atomic mass is 10.2. The highest BCUT2D eigenvalue weighted by atomic mass is 16.5. The van der Waals surface area contributed by atoms with Gasteiger partial charge in [0.15, 0.2) is 0 Å². The molecule has 1 fully saturated rings. The second-order valence-electron chi connectivity index (χ2n) is 5.93. The number of hydrogen-bond donors (Lipinski definition) is 0. The van der Waals surface area contributed by atoms with Crippen LogP contribution in [0.25, 0.3) is 0 Å². The highest BCUT2D eigenvalue weighted by Crippen LogP contribution is 2.16. The van der Waals surface area contributed by atoms with Gasteiger partial charge >= 0.3 is 0 Å². The van der Waals surface area contributed by atoms with E-state index in [1.54, 1.807) is 6.08 Å². The fraction of sp³-hybridized carbons (Fsp3) is 0.647. The highest BCUT2D eigenvalue weighted by molar-refractivity contribution is 5.76. The zero-order valence-electron chi connectivity index (χ0n) is 14.2. The Labute approximate surface area is 138 Å². The van der Waals surface area contributed by atoms with Gasteiger partial charge in [-0.15, -0.1) is 6.58 Å². The quantitative estimate of drug-likeness (QED) is 0.567. The van der Waals surface area contributed by atoms with E-state index in [1.807, 2.05) is 18.7 Å². The average Bonchev–Trinajstić information content (AvgIpc) is 2.75. The molecule has 128 valence electrons. The van der Waals surface area contributed by atoms with E-state index in [2.05, 4.69) is 16.6 Å². The van der Waals surface area contributed by atoms with Crippen molar-refractivity contribution in [1.82, 2.24) is 15.0 Å². The van der Waals surface area contributed by atoms with Gasteiger partial charge in [0.05, 0.1) is 25.3 Å². The summed E-state index contributed by atoms with van der Waals surface area (Å²) in [4.78, 5) is 16.5. The number of carbonyl (C=O) groups excluding carboxylic acids is 1. The molecule has 2 heterocycles. The Hall–Kier alpha value is -1.66. The highest BCUT2D eigenvalue weighted by Gasteiger charge is 2.20. The fourth-order valence-corrected chi connectivity index (χ4v) is 2.81. The second-order valence-corrected chi connectivity index (χ2v) is 5.93. The first kappa shape index (κ1) is 17.7. The van der Waals surface area contributed by atoms with Gasteiger partial charge in [-0.2, -0.15) is 0 Å². The van der Waals surface area contributed by atoms with Gasteiger partial charge in [0.2, 0.25) is 5.91 Å². The van der Waals surface area contributed by atoms with E-state index in [0.717, 1.165) is 50.6 Å². The Morgan fingerprint density at radius 2 is 2.17 bits per heavy atom. The van der Waals surface area contributed by atoms with Gasteiger partial charge in [0.25, 0.3) is 0 Å². The van der Waals surface area contributed by atoms with Crippen molar-refractivity contribution in [1.29, 1.82) is 0 Å². The molecular formula is C17H27N3O3. The minimum absolute atomic E-state index is 0.174. The maximum absolute atomic E-state index is 12.2. The lowest BCUT2D eigenvalue weighted by Crippen LogP contribution is -2.35. The van der Waals surface area contributed by atoms with E-state index in [1.165, 1.54) is 5.56 Å². The van der Waals surface area contributed by atoms with E-state index < -0.39 is 0 Å². The standard InChI is InChI=1S/C17H27N3O3/c1-4-11-22-12-6-17(21)20-8-5-7-19(9-10-20)13-16-14(2)18-23-15(16)3/h4H,1,5-13H2,2-3H3.